The van der Waals surface area contributed by atoms with Gasteiger partial charge in [0.25, 0.3) is 5.91 Å². The molecule has 6 nitrogen and oxygen atoms in total. The summed E-state index contributed by atoms with van der Waals surface area (Å²) in [5.74, 6) is 0.0900. The number of nitrogens with zero attached hydrogens (tertiary/aromatic N) is 5. The van der Waals surface area contributed by atoms with E-state index in [1.165, 1.54) is 0 Å². The zero-order chi connectivity index (χ0) is 19.8. The van der Waals surface area contributed by atoms with E-state index < -0.39 is 0 Å². The van der Waals surface area contributed by atoms with Crippen molar-refractivity contribution in [2.24, 2.45) is 7.05 Å². The van der Waals surface area contributed by atoms with Gasteiger partial charge in [0.1, 0.15) is 0 Å². The Bertz CT molecular complexity index is 1010. The molecule has 1 aliphatic heterocycles. The van der Waals surface area contributed by atoms with Gasteiger partial charge in [0.05, 0.1) is 17.4 Å². The highest BCUT2D eigenvalue weighted by Gasteiger charge is 2.26. The van der Waals surface area contributed by atoms with E-state index in [0.717, 1.165) is 41.4 Å². The molecule has 4 rings (SSSR count). The van der Waals surface area contributed by atoms with E-state index in [-0.39, 0.29) is 5.91 Å². The number of benzene rings is 1. The largest absolute Gasteiger partial charge is 0.365 e. The van der Waals surface area contributed by atoms with Gasteiger partial charge in [-0.3, -0.25) is 9.48 Å². The molecule has 1 aliphatic rings. The molecule has 0 saturated carbocycles. The number of aryl methyl sites for hydroxylation is 2. The monoisotopic (exact) mass is 397 g/mol. The summed E-state index contributed by atoms with van der Waals surface area (Å²) in [5.41, 5.74) is 4.81. The van der Waals surface area contributed by atoms with E-state index in [4.69, 9.17) is 11.6 Å². The smallest absolute Gasteiger partial charge is 0.255 e. The number of hydrogen-bond donors (Lipinski definition) is 0. The van der Waals surface area contributed by atoms with Crippen LogP contribution in [0.5, 0.6) is 0 Å². The second-order valence-electron chi connectivity index (χ2n) is 7.25. The van der Waals surface area contributed by atoms with Crippen LogP contribution in [0.3, 0.4) is 0 Å². The Hall–Kier alpha value is -2.73. The van der Waals surface area contributed by atoms with Crippen LogP contribution in [0.1, 0.15) is 21.7 Å². The number of carbonyl (C=O) groups excluding carboxylic acids is 1. The van der Waals surface area contributed by atoms with Crippen LogP contribution in [0, 0.1) is 13.8 Å². The molecule has 0 spiro atoms. The van der Waals surface area contributed by atoms with Crippen LogP contribution in [0.2, 0.25) is 5.02 Å². The molecule has 2 aromatic heterocycles. The Labute approximate surface area is 169 Å². The van der Waals surface area contributed by atoms with E-state index in [2.05, 4.69) is 14.6 Å². The molecule has 0 bridgehead atoms. The van der Waals surface area contributed by atoms with Crippen molar-refractivity contribution < 1.29 is 4.79 Å². The molecule has 0 radical (unpaired) electrons. The molecule has 0 aliphatic carbocycles. The number of rotatable bonds is 3. The Morgan fingerprint density at radius 2 is 1.82 bits per heavy atom. The average Bonchev–Trinajstić information content (AvgIpc) is 3.24. The summed E-state index contributed by atoms with van der Waals surface area (Å²) in [6.07, 6.45) is 3.88. The molecule has 1 fully saturated rings. The molecule has 7 heteroatoms. The van der Waals surface area contributed by atoms with Gasteiger partial charge in [-0.1, -0.05) is 17.7 Å². The van der Waals surface area contributed by atoms with Crippen molar-refractivity contribution in [1.29, 1.82) is 0 Å². The predicted octanol–water partition coefficient (Wildman–Crippen LogP) is 3.44. The third kappa shape index (κ3) is 3.40. The Kier molecular flexibility index (Phi) is 4.89. The molecule has 0 N–H and O–H groups in total. The van der Waals surface area contributed by atoms with Gasteiger partial charge < -0.3 is 14.4 Å². The van der Waals surface area contributed by atoms with Crippen LogP contribution >= 0.6 is 11.6 Å². The Morgan fingerprint density at radius 1 is 1.07 bits per heavy atom. The summed E-state index contributed by atoms with van der Waals surface area (Å²) in [6, 6.07) is 9.68. The lowest BCUT2D eigenvalue weighted by molar-refractivity contribution is 0.0746. The summed E-state index contributed by atoms with van der Waals surface area (Å²) in [5, 5.41) is 4.92. The number of halogens is 1. The van der Waals surface area contributed by atoms with Gasteiger partial charge in [-0.25, -0.2) is 0 Å². The van der Waals surface area contributed by atoms with E-state index in [1.54, 1.807) is 4.68 Å². The Morgan fingerprint density at radius 3 is 2.46 bits per heavy atom. The van der Waals surface area contributed by atoms with Crippen LogP contribution in [0.4, 0.5) is 5.69 Å². The summed E-state index contributed by atoms with van der Waals surface area (Å²) >= 11 is 6.16. The first-order valence-corrected chi connectivity index (χ1v) is 9.79. The maximum atomic E-state index is 13.2. The van der Waals surface area contributed by atoms with Crippen LogP contribution < -0.4 is 4.90 Å². The van der Waals surface area contributed by atoms with Gasteiger partial charge in [-0.15, -0.1) is 0 Å². The van der Waals surface area contributed by atoms with Gasteiger partial charge in [-0.2, -0.15) is 5.10 Å². The normalized spacial score (nSPS) is 14.6. The first kappa shape index (κ1) is 18.6. The zero-order valence-electron chi connectivity index (χ0n) is 16.4. The fourth-order valence-electron chi connectivity index (χ4n) is 3.90. The third-order valence-electron chi connectivity index (χ3n) is 5.35. The van der Waals surface area contributed by atoms with E-state index in [1.807, 2.05) is 68.5 Å². The summed E-state index contributed by atoms with van der Waals surface area (Å²) in [4.78, 5) is 17.4. The van der Waals surface area contributed by atoms with Crippen LogP contribution in [-0.4, -0.2) is 51.3 Å². The molecule has 3 heterocycles. The molecule has 1 aromatic carbocycles. The summed E-state index contributed by atoms with van der Waals surface area (Å²) in [6.45, 7) is 7.04. The van der Waals surface area contributed by atoms with Gasteiger partial charge >= 0.3 is 0 Å². The third-order valence-corrected chi connectivity index (χ3v) is 5.59. The standard InChI is InChI=1S/C21H24ClN5O/c1-15-11-20(16(2)27(15)18-6-4-5-17(22)12-18)21(28)26-9-7-25(8-10-26)19-13-23-24(3)14-19/h4-6,11-14H,7-10H2,1-3H3. The van der Waals surface area contributed by atoms with Crippen molar-refractivity contribution in [3.63, 3.8) is 0 Å². The number of aromatic nitrogens is 3. The van der Waals surface area contributed by atoms with Crippen molar-refractivity contribution in [3.8, 4) is 5.69 Å². The van der Waals surface area contributed by atoms with Crippen LogP contribution in [0.25, 0.3) is 5.69 Å². The highest BCUT2D eigenvalue weighted by molar-refractivity contribution is 6.30. The molecule has 0 atom stereocenters. The molecule has 3 aromatic rings. The maximum Gasteiger partial charge on any atom is 0.255 e. The zero-order valence-corrected chi connectivity index (χ0v) is 17.1. The number of hydrogen-bond acceptors (Lipinski definition) is 3. The SMILES string of the molecule is Cc1cc(C(=O)N2CCN(c3cnn(C)c3)CC2)c(C)n1-c1cccc(Cl)c1. The minimum atomic E-state index is 0.0900. The topological polar surface area (TPSA) is 46.3 Å². The Balaban J connectivity index is 1.52. The first-order chi connectivity index (χ1) is 13.4. The highest BCUT2D eigenvalue weighted by atomic mass is 35.5. The molecular formula is C21H24ClN5O. The predicted molar refractivity (Wildman–Crippen MR) is 112 cm³/mol. The number of amides is 1. The summed E-state index contributed by atoms with van der Waals surface area (Å²) < 4.78 is 3.89. The van der Waals surface area contributed by atoms with Crippen molar-refractivity contribution in [1.82, 2.24) is 19.2 Å². The fraction of sp³-hybridized carbons (Fsp3) is 0.333. The minimum Gasteiger partial charge on any atom is -0.365 e. The first-order valence-electron chi connectivity index (χ1n) is 9.42. The minimum absolute atomic E-state index is 0.0900. The summed E-state index contributed by atoms with van der Waals surface area (Å²) in [7, 11) is 1.92. The van der Waals surface area contributed by atoms with Crippen LogP contribution in [0.15, 0.2) is 42.7 Å². The second kappa shape index (κ2) is 7.36. The van der Waals surface area contributed by atoms with Gasteiger partial charge in [0.15, 0.2) is 0 Å². The average molecular weight is 398 g/mol. The van der Waals surface area contributed by atoms with Gasteiger partial charge in [-0.05, 0) is 38.1 Å². The van der Waals surface area contributed by atoms with E-state index in [9.17, 15) is 4.79 Å². The van der Waals surface area contributed by atoms with Gasteiger partial charge in [0.2, 0.25) is 0 Å². The lowest BCUT2D eigenvalue weighted by Gasteiger charge is -2.35. The lowest BCUT2D eigenvalue weighted by Crippen LogP contribution is -2.48. The number of anilines is 1. The van der Waals surface area contributed by atoms with Gasteiger partial charge in [0, 0.05) is 61.5 Å². The molecule has 0 unspecified atom stereocenters. The van der Waals surface area contributed by atoms with E-state index >= 15 is 0 Å². The fourth-order valence-corrected chi connectivity index (χ4v) is 4.09. The van der Waals surface area contributed by atoms with Crippen molar-refractivity contribution in [3.05, 3.63) is 64.7 Å². The lowest BCUT2D eigenvalue weighted by atomic mass is 10.2. The number of piperazine rings is 1. The number of carbonyl (C=O) groups is 1. The highest BCUT2D eigenvalue weighted by Crippen LogP contribution is 2.25. The van der Waals surface area contributed by atoms with Crippen molar-refractivity contribution in [2.75, 3.05) is 31.1 Å². The molecule has 28 heavy (non-hydrogen) atoms. The molecule has 1 saturated heterocycles. The molecule has 146 valence electrons. The molecular weight excluding hydrogens is 374 g/mol. The van der Waals surface area contributed by atoms with Crippen molar-refractivity contribution >= 4 is 23.2 Å². The van der Waals surface area contributed by atoms with E-state index in [0.29, 0.717) is 18.1 Å². The van der Waals surface area contributed by atoms with Crippen LogP contribution in [-0.2, 0) is 7.05 Å². The molecule has 1 amide bonds. The maximum absolute atomic E-state index is 13.2. The van der Waals surface area contributed by atoms with Crippen molar-refractivity contribution in [2.45, 2.75) is 13.8 Å². The quantitative estimate of drug-likeness (QED) is 0.680. The second-order valence-corrected chi connectivity index (χ2v) is 7.69.